The summed E-state index contributed by atoms with van der Waals surface area (Å²) in [7, 11) is 2.18. The zero-order valence-corrected chi connectivity index (χ0v) is 13.5. The number of H-pyrrole nitrogens is 1. The van der Waals surface area contributed by atoms with Gasteiger partial charge in [-0.1, -0.05) is 6.07 Å². The van der Waals surface area contributed by atoms with Crippen molar-refractivity contribution in [2.75, 3.05) is 7.05 Å². The Balaban J connectivity index is 1.37. The Kier molecular flexibility index (Phi) is 4.00. The first kappa shape index (κ1) is 14.9. The minimum absolute atomic E-state index is 0.528. The lowest BCUT2D eigenvalue weighted by molar-refractivity contribution is 0.130. The summed E-state index contributed by atoms with van der Waals surface area (Å²) in [5.74, 6) is 1.17. The standard InChI is InChI=1S/C17H19N7/c1-24(15-8-14(9-15)13-3-2-5-18-10-13)11-12-4-6-19-16(7-12)17-20-22-23-21-17/h2-7,10,14-15H,8-9,11H2,1H3,(H,20,21,22,23). The Labute approximate surface area is 140 Å². The van der Waals surface area contributed by atoms with Gasteiger partial charge in [0.15, 0.2) is 0 Å². The second-order valence-corrected chi connectivity index (χ2v) is 6.31. The number of aromatic amines is 1. The third kappa shape index (κ3) is 3.03. The van der Waals surface area contributed by atoms with Crippen LogP contribution in [0.1, 0.15) is 29.9 Å². The van der Waals surface area contributed by atoms with Crippen LogP contribution in [0, 0.1) is 0 Å². The van der Waals surface area contributed by atoms with Crippen LogP contribution in [-0.2, 0) is 6.54 Å². The zero-order valence-electron chi connectivity index (χ0n) is 13.5. The lowest BCUT2D eigenvalue weighted by Crippen LogP contribution is -2.41. The molecule has 4 rings (SSSR count). The molecule has 24 heavy (non-hydrogen) atoms. The molecule has 7 nitrogen and oxygen atoms in total. The Bertz CT molecular complexity index is 782. The molecule has 0 radical (unpaired) electrons. The Morgan fingerprint density at radius 1 is 1.25 bits per heavy atom. The van der Waals surface area contributed by atoms with Crippen LogP contribution in [0.25, 0.3) is 11.5 Å². The second kappa shape index (κ2) is 6.45. The maximum atomic E-state index is 4.31. The van der Waals surface area contributed by atoms with Crippen LogP contribution < -0.4 is 0 Å². The van der Waals surface area contributed by atoms with E-state index in [4.69, 9.17) is 0 Å². The van der Waals surface area contributed by atoms with Gasteiger partial charge in [0.25, 0.3) is 0 Å². The van der Waals surface area contributed by atoms with E-state index < -0.39 is 0 Å². The average Bonchev–Trinajstić information content (AvgIpc) is 3.09. The van der Waals surface area contributed by atoms with E-state index in [0.29, 0.717) is 17.8 Å². The number of tetrazole rings is 1. The molecule has 0 aliphatic heterocycles. The summed E-state index contributed by atoms with van der Waals surface area (Å²) in [5.41, 5.74) is 3.30. The van der Waals surface area contributed by atoms with Crippen LogP contribution in [0.2, 0.25) is 0 Å². The van der Waals surface area contributed by atoms with Gasteiger partial charge < -0.3 is 0 Å². The van der Waals surface area contributed by atoms with Crippen molar-refractivity contribution in [2.24, 2.45) is 0 Å². The highest BCUT2D eigenvalue weighted by Crippen LogP contribution is 2.39. The number of pyridine rings is 2. The molecule has 1 saturated carbocycles. The van der Waals surface area contributed by atoms with Gasteiger partial charge in [0, 0.05) is 31.2 Å². The fourth-order valence-electron chi connectivity index (χ4n) is 3.22. The van der Waals surface area contributed by atoms with Gasteiger partial charge in [-0.2, -0.15) is 5.21 Å². The van der Waals surface area contributed by atoms with Gasteiger partial charge in [0.05, 0.1) is 0 Å². The Hall–Kier alpha value is -2.67. The quantitative estimate of drug-likeness (QED) is 0.774. The average molecular weight is 321 g/mol. The molecular formula is C17H19N7. The normalized spacial score (nSPS) is 20.1. The van der Waals surface area contributed by atoms with Crippen molar-refractivity contribution in [3.63, 3.8) is 0 Å². The molecular weight excluding hydrogens is 302 g/mol. The molecule has 0 aromatic carbocycles. The molecule has 1 fully saturated rings. The molecule has 0 spiro atoms. The van der Waals surface area contributed by atoms with Gasteiger partial charge in [-0.05, 0) is 60.3 Å². The molecule has 1 N–H and O–H groups in total. The molecule has 0 saturated heterocycles. The van der Waals surface area contributed by atoms with E-state index in [2.05, 4.69) is 48.6 Å². The van der Waals surface area contributed by atoms with Crippen LogP contribution in [-0.4, -0.2) is 48.6 Å². The molecule has 0 unspecified atom stereocenters. The van der Waals surface area contributed by atoms with Gasteiger partial charge >= 0.3 is 0 Å². The molecule has 1 aliphatic rings. The molecule has 1 aliphatic carbocycles. The van der Waals surface area contributed by atoms with E-state index in [-0.39, 0.29) is 0 Å². The Morgan fingerprint density at radius 2 is 2.17 bits per heavy atom. The molecule has 3 heterocycles. The van der Waals surface area contributed by atoms with Crippen molar-refractivity contribution < 1.29 is 0 Å². The summed E-state index contributed by atoms with van der Waals surface area (Å²) in [6, 6.07) is 8.86. The topological polar surface area (TPSA) is 83.5 Å². The number of nitrogens with one attached hydrogen (secondary N) is 1. The maximum absolute atomic E-state index is 4.31. The minimum atomic E-state index is 0.528. The van der Waals surface area contributed by atoms with Crippen LogP contribution >= 0.6 is 0 Å². The van der Waals surface area contributed by atoms with Crippen molar-refractivity contribution in [3.8, 4) is 11.5 Å². The molecule has 0 bridgehead atoms. The lowest BCUT2D eigenvalue weighted by Gasteiger charge is -2.41. The van der Waals surface area contributed by atoms with Crippen LogP contribution in [0.4, 0.5) is 0 Å². The molecule has 122 valence electrons. The van der Waals surface area contributed by atoms with Crippen LogP contribution in [0.5, 0.6) is 0 Å². The minimum Gasteiger partial charge on any atom is -0.299 e. The molecule has 0 amide bonds. The first-order valence-electron chi connectivity index (χ1n) is 8.08. The third-order valence-electron chi connectivity index (χ3n) is 4.72. The predicted octanol–water partition coefficient (Wildman–Crippen LogP) is 2.03. The van der Waals surface area contributed by atoms with E-state index in [1.165, 1.54) is 24.0 Å². The largest absolute Gasteiger partial charge is 0.299 e. The highest BCUT2D eigenvalue weighted by Gasteiger charge is 2.33. The fraction of sp³-hybridized carbons (Fsp3) is 0.353. The first-order valence-corrected chi connectivity index (χ1v) is 8.08. The van der Waals surface area contributed by atoms with Crippen LogP contribution in [0.15, 0.2) is 42.9 Å². The van der Waals surface area contributed by atoms with Crippen molar-refractivity contribution in [1.82, 2.24) is 35.5 Å². The summed E-state index contributed by atoms with van der Waals surface area (Å²) in [6.07, 6.45) is 7.99. The van der Waals surface area contributed by atoms with Gasteiger partial charge in [0.2, 0.25) is 5.82 Å². The lowest BCUT2D eigenvalue weighted by atomic mass is 9.75. The Morgan fingerprint density at radius 3 is 2.92 bits per heavy atom. The number of rotatable bonds is 5. The summed E-state index contributed by atoms with van der Waals surface area (Å²) in [5, 5.41) is 14.0. The SMILES string of the molecule is CN(Cc1ccnc(-c2nn[nH]n2)c1)C1CC(c2cccnc2)C1. The predicted molar refractivity (Wildman–Crippen MR) is 88.9 cm³/mol. The number of aromatic nitrogens is 6. The monoisotopic (exact) mass is 321 g/mol. The first-order chi connectivity index (χ1) is 11.8. The van der Waals surface area contributed by atoms with E-state index in [1.54, 1.807) is 6.20 Å². The van der Waals surface area contributed by atoms with Crippen LogP contribution in [0.3, 0.4) is 0 Å². The van der Waals surface area contributed by atoms with Crippen molar-refractivity contribution >= 4 is 0 Å². The van der Waals surface area contributed by atoms with Gasteiger partial charge in [0.1, 0.15) is 5.69 Å². The van der Waals surface area contributed by atoms with E-state index in [0.717, 1.165) is 12.2 Å². The molecule has 0 atom stereocenters. The fourth-order valence-corrected chi connectivity index (χ4v) is 3.22. The number of hydrogen-bond acceptors (Lipinski definition) is 6. The highest BCUT2D eigenvalue weighted by atomic mass is 15.5. The maximum Gasteiger partial charge on any atom is 0.222 e. The van der Waals surface area contributed by atoms with Gasteiger partial charge in [-0.15, -0.1) is 10.2 Å². The van der Waals surface area contributed by atoms with E-state index in [9.17, 15) is 0 Å². The van der Waals surface area contributed by atoms with Gasteiger partial charge in [-0.25, -0.2) is 0 Å². The third-order valence-corrected chi connectivity index (χ3v) is 4.72. The van der Waals surface area contributed by atoms with E-state index >= 15 is 0 Å². The summed E-state index contributed by atoms with van der Waals surface area (Å²) >= 11 is 0. The van der Waals surface area contributed by atoms with Crippen molar-refractivity contribution in [1.29, 1.82) is 0 Å². The molecule has 3 aromatic rings. The van der Waals surface area contributed by atoms with Crippen molar-refractivity contribution in [3.05, 3.63) is 54.0 Å². The number of nitrogens with zero attached hydrogens (tertiary/aromatic N) is 6. The second-order valence-electron chi connectivity index (χ2n) is 6.31. The highest BCUT2D eigenvalue weighted by molar-refractivity contribution is 5.48. The molecule has 3 aromatic heterocycles. The van der Waals surface area contributed by atoms with E-state index in [1.807, 2.05) is 30.6 Å². The summed E-state index contributed by atoms with van der Waals surface area (Å²) < 4.78 is 0. The number of hydrogen-bond donors (Lipinski definition) is 1. The van der Waals surface area contributed by atoms with Gasteiger partial charge in [-0.3, -0.25) is 14.9 Å². The summed E-state index contributed by atoms with van der Waals surface area (Å²) in [4.78, 5) is 10.9. The van der Waals surface area contributed by atoms with Crippen molar-refractivity contribution in [2.45, 2.75) is 31.3 Å². The zero-order chi connectivity index (χ0) is 16.4. The summed E-state index contributed by atoms with van der Waals surface area (Å²) in [6.45, 7) is 0.887. The smallest absolute Gasteiger partial charge is 0.222 e. The molecule has 7 heteroatoms.